The van der Waals surface area contributed by atoms with Gasteiger partial charge in [-0.25, -0.2) is 9.48 Å². The van der Waals surface area contributed by atoms with E-state index >= 15 is 0 Å². The highest BCUT2D eigenvalue weighted by atomic mass is 79.9. The van der Waals surface area contributed by atoms with Gasteiger partial charge in [-0.15, -0.1) is 16.4 Å². The van der Waals surface area contributed by atoms with Crippen molar-refractivity contribution in [1.82, 2.24) is 15.0 Å². The van der Waals surface area contributed by atoms with E-state index in [0.717, 1.165) is 15.8 Å². The van der Waals surface area contributed by atoms with Gasteiger partial charge in [0.15, 0.2) is 5.69 Å². The summed E-state index contributed by atoms with van der Waals surface area (Å²) in [6, 6.07) is 2.00. The molecule has 0 fully saturated rings. The van der Waals surface area contributed by atoms with Crippen molar-refractivity contribution in [3.63, 3.8) is 0 Å². The smallest absolute Gasteiger partial charge is 0.358 e. The molecule has 2 heterocycles. The summed E-state index contributed by atoms with van der Waals surface area (Å²) in [6.45, 7) is 2.56. The minimum Gasteiger partial charge on any atom is -0.476 e. The molecule has 0 unspecified atom stereocenters. The molecule has 5 nitrogen and oxygen atoms in total. The van der Waals surface area contributed by atoms with Gasteiger partial charge < -0.3 is 5.11 Å². The van der Waals surface area contributed by atoms with Crippen LogP contribution in [0.5, 0.6) is 0 Å². The molecule has 0 spiro atoms. The molecule has 0 saturated carbocycles. The zero-order valence-corrected chi connectivity index (χ0v) is 12.2. The standard InChI is InChI=1S/C11H12BrN3O2S/c1-2-3-8-10(11(16)17)13-14-15(8)5-7-4-9(12)18-6-7/h4,6H,2-3,5H2,1H3,(H,16,17). The van der Waals surface area contributed by atoms with Gasteiger partial charge in [-0.2, -0.15) is 0 Å². The van der Waals surface area contributed by atoms with E-state index in [2.05, 4.69) is 26.2 Å². The SMILES string of the molecule is CCCc1c(C(=O)O)nnn1Cc1csc(Br)c1. The molecule has 96 valence electrons. The number of hydrogen-bond acceptors (Lipinski definition) is 4. The van der Waals surface area contributed by atoms with Crippen molar-refractivity contribution in [1.29, 1.82) is 0 Å². The molecule has 0 aromatic carbocycles. The number of rotatable bonds is 5. The second-order valence-corrected chi connectivity index (χ2v) is 6.15. The molecular weight excluding hydrogens is 318 g/mol. The lowest BCUT2D eigenvalue weighted by molar-refractivity contribution is 0.0689. The summed E-state index contributed by atoms with van der Waals surface area (Å²) in [5.41, 5.74) is 1.84. The Morgan fingerprint density at radius 1 is 1.61 bits per heavy atom. The second kappa shape index (κ2) is 5.62. The van der Waals surface area contributed by atoms with Gasteiger partial charge in [-0.1, -0.05) is 18.6 Å². The number of aromatic carboxylic acids is 1. The van der Waals surface area contributed by atoms with Crippen LogP contribution in [0.3, 0.4) is 0 Å². The third-order valence-corrected chi connectivity index (χ3v) is 4.03. The van der Waals surface area contributed by atoms with Gasteiger partial charge in [0.1, 0.15) is 0 Å². The van der Waals surface area contributed by atoms with Gasteiger partial charge in [-0.3, -0.25) is 0 Å². The predicted molar refractivity (Wildman–Crippen MR) is 72.1 cm³/mol. The molecule has 0 atom stereocenters. The normalized spacial score (nSPS) is 10.8. The van der Waals surface area contributed by atoms with Crippen molar-refractivity contribution < 1.29 is 9.90 Å². The first-order valence-corrected chi connectivity index (χ1v) is 7.17. The summed E-state index contributed by atoms with van der Waals surface area (Å²) in [4.78, 5) is 11.0. The Balaban J connectivity index is 2.29. The molecule has 0 aliphatic carbocycles. The zero-order valence-electron chi connectivity index (χ0n) is 9.76. The van der Waals surface area contributed by atoms with Crippen molar-refractivity contribution in [3.05, 3.63) is 32.2 Å². The minimum absolute atomic E-state index is 0.0612. The maximum atomic E-state index is 11.0. The molecule has 0 bridgehead atoms. The van der Waals surface area contributed by atoms with Crippen molar-refractivity contribution in [2.45, 2.75) is 26.3 Å². The Morgan fingerprint density at radius 2 is 2.39 bits per heavy atom. The van der Waals surface area contributed by atoms with Crippen LogP contribution in [-0.2, 0) is 13.0 Å². The number of nitrogens with zero attached hydrogens (tertiary/aromatic N) is 3. The van der Waals surface area contributed by atoms with Gasteiger partial charge >= 0.3 is 5.97 Å². The topological polar surface area (TPSA) is 68.0 Å². The highest BCUT2D eigenvalue weighted by Crippen LogP contribution is 2.22. The molecule has 0 radical (unpaired) electrons. The van der Waals surface area contributed by atoms with Crippen LogP contribution >= 0.6 is 27.3 Å². The lowest BCUT2D eigenvalue weighted by Crippen LogP contribution is -2.08. The van der Waals surface area contributed by atoms with Crippen molar-refractivity contribution in [3.8, 4) is 0 Å². The predicted octanol–water partition coefficient (Wildman–Crippen LogP) is 2.80. The van der Waals surface area contributed by atoms with E-state index in [1.165, 1.54) is 0 Å². The molecule has 0 amide bonds. The average Bonchev–Trinajstić information content (AvgIpc) is 2.88. The van der Waals surface area contributed by atoms with Gasteiger partial charge in [0, 0.05) is 0 Å². The Hall–Kier alpha value is -1.21. The second-order valence-electron chi connectivity index (χ2n) is 3.86. The zero-order chi connectivity index (χ0) is 13.1. The van der Waals surface area contributed by atoms with Crippen LogP contribution in [0.25, 0.3) is 0 Å². The number of halogens is 1. The molecular formula is C11H12BrN3O2S. The monoisotopic (exact) mass is 329 g/mol. The fourth-order valence-corrected chi connectivity index (χ4v) is 2.91. The molecule has 2 aromatic rings. The summed E-state index contributed by atoms with van der Waals surface area (Å²) in [6.07, 6.45) is 1.53. The van der Waals surface area contributed by atoms with E-state index in [9.17, 15) is 4.79 Å². The molecule has 0 aliphatic rings. The average molecular weight is 330 g/mol. The third kappa shape index (κ3) is 2.78. The molecule has 7 heteroatoms. The van der Waals surface area contributed by atoms with Crippen molar-refractivity contribution in [2.24, 2.45) is 0 Å². The molecule has 0 aliphatic heterocycles. The van der Waals surface area contributed by atoms with E-state index in [4.69, 9.17) is 5.11 Å². The maximum Gasteiger partial charge on any atom is 0.358 e. The number of carbonyl (C=O) groups is 1. The summed E-state index contributed by atoms with van der Waals surface area (Å²) in [5, 5.41) is 18.7. The number of thiophene rings is 1. The molecule has 1 N–H and O–H groups in total. The van der Waals surface area contributed by atoms with E-state index in [1.807, 2.05) is 18.4 Å². The van der Waals surface area contributed by atoms with E-state index in [0.29, 0.717) is 18.7 Å². The van der Waals surface area contributed by atoms with E-state index < -0.39 is 5.97 Å². The summed E-state index contributed by atoms with van der Waals surface area (Å²) in [7, 11) is 0. The van der Waals surface area contributed by atoms with Crippen molar-refractivity contribution >= 4 is 33.2 Å². The summed E-state index contributed by atoms with van der Waals surface area (Å²) < 4.78 is 2.72. The fraction of sp³-hybridized carbons (Fsp3) is 0.364. The first-order chi connectivity index (χ1) is 8.61. The third-order valence-electron chi connectivity index (χ3n) is 2.48. The summed E-state index contributed by atoms with van der Waals surface area (Å²) >= 11 is 5.00. The number of hydrogen-bond donors (Lipinski definition) is 1. The number of carboxylic acids is 1. The van der Waals surface area contributed by atoms with Gasteiger partial charge in [0.2, 0.25) is 0 Å². The highest BCUT2D eigenvalue weighted by Gasteiger charge is 2.18. The van der Waals surface area contributed by atoms with Crippen LogP contribution in [0.1, 0.15) is 35.1 Å². The Kier molecular flexibility index (Phi) is 4.13. The van der Waals surface area contributed by atoms with Gasteiger partial charge in [-0.05, 0) is 39.4 Å². The quantitative estimate of drug-likeness (QED) is 0.915. The largest absolute Gasteiger partial charge is 0.476 e. The van der Waals surface area contributed by atoms with Crippen LogP contribution in [-0.4, -0.2) is 26.1 Å². The van der Waals surface area contributed by atoms with Gasteiger partial charge in [0.05, 0.1) is 16.0 Å². The van der Waals surface area contributed by atoms with Crippen molar-refractivity contribution in [2.75, 3.05) is 0 Å². The first-order valence-electron chi connectivity index (χ1n) is 5.50. The Morgan fingerprint density at radius 3 is 2.94 bits per heavy atom. The van der Waals surface area contributed by atoms with Gasteiger partial charge in [0.25, 0.3) is 0 Å². The fourth-order valence-electron chi connectivity index (χ4n) is 1.71. The summed E-state index contributed by atoms with van der Waals surface area (Å²) in [5.74, 6) is -1.02. The van der Waals surface area contributed by atoms with Crippen LogP contribution < -0.4 is 0 Å². The molecule has 18 heavy (non-hydrogen) atoms. The molecule has 0 saturated heterocycles. The van der Waals surface area contributed by atoms with Crippen LogP contribution in [0.15, 0.2) is 15.2 Å². The lowest BCUT2D eigenvalue weighted by atomic mass is 10.2. The van der Waals surface area contributed by atoms with E-state index in [-0.39, 0.29) is 5.69 Å². The van der Waals surface area contributed by atoms with Crippen LogP contribution in [0, 0.1) is 0 Å². The lowest BCUT2D eigenvalue weighted by Gasteiger charge is -2.04. The van der Waals surface area contributed by atoms with E-state index in [1.54, 1.807) is 16.0 Å². The maximum absolute atomic E-state index is 11.0. The number of aromatic nitrogens is 3. The Labute approximate surface area is 117 Å². The minimum atomic E-state index is -1.02. The first kappa shape index (κ1) is 13.2. The number of carboxylic acid groups (broad SMARTS) is 1. The van der Waals surface area contributed by atoms with Crippen LogP contribution in [0.4, 0.5) is 0 Å². The van der Waals surface area contributed by atoms with Crippen LogP contribution in [0.2, 0.25) is 0 Å². The highest BCUT2D eigenvalue weighted by molar-refractivity contribution is 9.11. The molecule has 2 rings (SSSR count). The molecule has 2 aromatic heterocycles. The Bertz CT molecular complexity index is 564.